The van der Waals surface area contributed by atoms with Gasteiger partial charge in [0.2, 0.25) is 5.89 Å². The zero-order chi connectivity index (χ0) is 27.8. The number of amides is 1. The fraction of sp³-hybridized carbons (Fsp3) is 0.240. The first kappa shape index (κ1) is 26.9. The number of methoxy groups -OCH3 is 1. The van der Waals surface area contributed by atoms with Gasteiger partial charge in [-0.25, -0.2) is 18.7 Å². The minimum absolute atomic E-state index is 0.0684. The van der Waals surface area contributed by atoms with Crippen molar-refractivity contribution in [3.8, 4) is 17.2 Å². The fourth-order valence-corrected chi connectivity index (χ4v) is 3.85. The van der Waals surface area contributed by atoms with E-state index in [0.717, 1.165) is 18.2 Å². The Morgan fingerprint density at radius 1 is 1.16 bits per heavy atom. The van der Waals surface area contributed by atoms with Crippen LogP contribution < -0.4 is 15.8 Å². The number of aliphatic hydroxyl groups excluding tert-OH is 1. The van der Waals surface area contributed by atoms with Crippen molar-refractivity contribution >= 4 is 16.8 Å². The second-order valence-electron chi connectivity index (χ2n) is 8.30. The summed E-state index contributed by atoms with van der Waals surface area (Å²) in [6.07, 6.45) is -4.70. The highest BCUT2D eigenvalue weighted by molar-refractivity contribution is 5.98. The number of carbonyl (C=O) groups excluding carboxylic acids is 1. The normalized spacial score (nSPS) is 13.4. The second kappa shape index (κ2) is 10.3. The minimum Gasteiger partial charge on any atom is -0.494 e. The topological polar surface area (TPSA) is 124 Å². The molecular formula is C25H21F5N4O4. The molecule has 2 aromatic carbocycles. The number of rotatable bonds is 7. The Hall–Kier alpha value is -4.10. The summed E-state index contributed by atoms with van der Waals surface area (Å²) in [6.45, 7) is 0.788. The molecule has 0 spiro atoms. The molecule has 0 saturated carbocycles. The molecule has 4 rings (SSSR count). The number of pyridine rings is 1. The van der Waals surface area contributed by atoms with Crippen molar-refractivity contribution in [3.63, 3.8) is 0 Å². The van der Waals surface area contributed by atoms with E-state index in [1.165, 1.54) is 32.2 Å². The fourth-order valence-electron chi connectivity index (χ4n) is 3.85. The molecule has 2 heterocycles. The second-order valence-corrected chi connectivity index (χ2v) is 8.30. The summed E-state index contributed by atoms with van der Waals surface area (Å²) >= 11 is 0. The van der Waals surface area contributed by atoms with Crippen molar-refractivity contribution in [2.75, 3.05) is 13.7 Å². The molecule has 200 valence electrons. The monoisotopic (exact) mass is 536 g/mol. The van der Waals surface area contributed by atoms with Crippen molar-refractivity contribution < 1.29 is 41.0 Å². The van der Waals surface area contributed by atoms with Crippen LogP contribution in [0.3, 0.4) is 0 Å². The quantitative estimate of drug-likeness (QED) is 0.293. The van der Waals surface area contributed by atoms with E-state index in [1.807, 2.05) is 0 Å². The van der Waals surface area contributed by atoms with E-state index in [4.69, 9.17) is 14.9 Å². The van der Waals surface area contributed by atoms with Crippen LogP contribution in [0.4, 0.5) is 22.0 Å². The van der Waals surface area contributed by atoms with Gasteiger partial charge >= 0.3 is 6.18 Å². The highest BCUT2D eigenvalue weighted by atomic mass is 19.4. The molecule has 0 aliphatic heterocycles. The maximum absolute atomic E-state index is 14.2. The van der Waals surface area contributed by atoms with Crippen LogP contribution in [0.25, 0.3) is 22.4 Å². The van der Waals surface area contributed by atoms with Gasteiger partial charge in [0.15, 0.2) is 11.5 Å². The van der Waals surface area contributed by atoms with E-state index >= 15 is 0 Å². The first-order valence-electron chi connectivity index (χ1n) is 11.1. The first-order valence-corrected chi connectivity index (χ1v) is 11.1. The molecule has 0 fully saturated rings. The molecule has 1 unspecified atom stereocenters. The highest BCUT2D eigenvalue weighted by Gasteiger charge is 2.33. The van der Waals surface area contributed by atoms with E-state index in [9.17, 15) is 31.9 Å². The number of nitrogens with one attached hydrogen (secondary N) is 1. The molecule has 0 bridgehead atoms. The van der Waals surface area contributed by atoms with Gasteiger partial charge in [-0.3, -0.25) is 4.79 Å². The van der Waals surface area contributed by atoms with Gasteiger partial charge in [-0.2, -0.15) is 13.2 Å². The van der Waals surface area contributed by atoms with E-state index in [1.54, 1.807) is 0 Å². The Labute approximate surface area is 212 Å². The number of aromatic nitrogens is 2. The molecule has 38 heavy (non-hydrogen) atoms. The van der Waals surface area contributed by atoms with Gasteiger partial charge in [-0.15, -0.1) is 0 Å². The molecule has 0 aliphatic carbocycles. The van der Waals surface area contributed by atoms with Gasteiger partial charge in [0.05, 0.1) is 25.8 Å². The van der Waals surface area contributed by atoms with Crippen LogP contribution in [0.1, 0.15) is 46.5 Å². The molecule has 4 aromatic rings. The maximum atomic E-state index is 14.2. The third-order valence-corrected chi connectivity index (χ3v) is 5.67. The van der Waals surface area contributed by atoms with Crippen LogP contribution in [-0.4, -0.2) is 34.7 Å². The van der Waals surface area contributed by atoms with Gasteiger partial charge in [0, 0.05) is 22.6 Å². The number of oxazole rings is 1. The number of benzene rings is 2. The Morgan fingerprint density at radius 3 is 2.50 bits per heavy atom. The Balaban J connectivity index is 1.77. The van der Waals surface area contributed by atoms with Crippen LogP contribution in [0.5, 0.6) is 5.75 Å². The predicted octanol–water partition coefficient (Wildman–Crippen LogP) is 4.68. The number of fused-ring (bicyclic) bond motifs is 1. The summed E-state index contributed by atoms with van der Waals surface area (Å²) in [6, 6.07) is 5.37. The number of nitrogens with zero attached hydrogens (tertiary/aromatic N) is 2. The highest BCUT2D eigenvalue weighted by Crippen LogP contribution is 2.37. The lowest BCUT2D eigenvalue weighted by molar-refractivity contribution is -0.140. The lowest BCUT2D eigenvalue weighted by Crippen LogP contribution is -2.32. The zero-order valence-corrected chi connectivity index (χ0v) is 19.9. The van der Waals surface area contributed by atoms with E-state index in [0.29, 0.717) is 6.07 Å². The van der Waals surface area contributed by atoms with Crippen molar-refractivity contribution in [2.45, 2.75) is 25.2 Å². The van der Waals surface area contributed by atoms with Crippen LogP contribution in [-0.2, 0) is 6.18 Å². The van der Waals surface area contributed by atoms with Crippen molar-refractivity contribution in [1.82, 2.24) is 15.3 Å². The maximum Gasteiger partial charge on any atom is 0.433 e. The summed E-state index contributed by atoms with van der Waals surface area (Å²) in [4.78, 5) is 21.0. The zero-order valence-electron chi connectivity index (χ0n) is 19.9. The first-order chi connectivity index (χ1) is 17.9. The number of nitrogens with two attached hydrogens (primary N) is 1. The summed E-state index contributed by atoms with van der Waals surface area (Å²) in [5.74, 6) is -2.85. The van der Waals surface area contributed by atoms with Crippen molar-refractivity contribution in [1.29, 1.82) is 0 Å². The molecule has 2 atom stereocenters. The number of carbonyl (C=O) groups is 1. The van der Waals surface area contributed by atoms with Crippen LogP contribution in [0.15, 0.2) is 46.9 Å². The molecule has 0 saturated heterocycles. The van der Waals surface area contributed by atoms with Crippen LogP contribution >= 0.6 is 0 Å². The lowest BCUT2D eigenvalue weighted by Gasteiger charge is -2.17. The van der Waals surface area contributed by atoms with Gasteiger partial charge in [-0.1, -0.05) is 6.07 Å². The molecule has 4 N–H and O–H groups in total. The molecule has 8 nitrogen and oxygen atoms in total. The van der Waals surface area contributed by atoms with Crippen LogP contribution in [0.2, 0.25) is 0 Å². The molecule has 2 aromatic heterocycles. The predicted molar refractivity (Wildman–Crippen MR) is 125 cm³/mol. The third-order valence-electron chi connectivity index (χ3n) is 5.67. The lowest BCUT2D eigenvalue weighted by atomic mass is 10.1. The average molecular weight is 536 g/mol. The number of hydrogen-bond acceptors (Lipinski definition) is 7. The number of ether oxygens (including phenoxy) is 1. The molecule has 1 amide bonds. The van der Waals surface area contributed by atoms with E-state index in [2.05, 4.69) is 15.3 Å². The number of hydrogen-bond donors (Lipinski definition) is 3. The Kier molecular flexibility index (Phi) is 7.33. The Morgan fingerprint density at radius 2 is 1.89 bits per heavy atom. The summed E-state index contributed by atoms with van der Waals surface area (Å²) in [7, 11) is 1.28. The molecule has 13 heteroatoms. The average Bonchev–Trinajstić information content (AvgIpc) is 3.32. The van der Waals surface area contributed by atoms with Crippen molar-refractivity contribution in [3.05, 3.63) is 76.8 Å². The molecule has 0 aliphatic rings. The number of alkyl halides is 3. The standard InChI is InChI=1S/C25H21F5N4O4/c1-11(31)22-21(23(36)32-17(10-35)15-4-3-12(26)9-16(15)27)34-24(38-22)14-5-7-18(37-2)20-13(14)6-8-19(33-20)25(28,29)30/h3-9,11,17,35H,10,31H2,1-2H3,(H,32,36)/t11-,17?/m0/s1. The Bertz CT molecular complexity index is 1500. The van der Waals surface area contributed by atoms with Gasteiger partial charge in [0.1, 0.15) is 28.6 Å². The van der Waals surface area contributed by atoms with Gasteiger partial charge < -0.3 is 25.3 Å². The van der Waals surface area contributed by atoms with E-state index in [-0.39, 0.29) is 45.1 Å². The minimum atomic E-state index is -4.70. The smallest absolute Gasteiger partial charge is 0.433 e. The number of halogens is 5. The van der Waals surface area contributed by atoms with Crippen LogP contribution in [0, 0.1) is 11.6 Å². The molecular weight excluding hydrogens is 515 g/mol. The van der Waals surface area contributed by atoms with Gasteiger partial charge in [0.25, 0.3) is 5.91 Å². The molecule has 0 radical (unpaired) electrons. The van der Waals surface area contributed by atoms with Gasteiger partial charge in [-0.05, 0) is 37.3 Å². The van der Waals surface area contributed by atoms with E-state index < -0.39 is 48.1 Å². The largest absolute Gasteiger partial charge is 0.494 e. The summed E-state index contributed by atoms with van der Waals surface area (Å²) < 4.78 is 78.2. The summed E-state index contributed by atoms with van der Waals surface area (Å²) in [5, 5.41) is 12.3. The third kappa shape index (κ3) is 5.15. The summed E-state index contributed by atoms with van der Waals surface area (Å²) in [5.41, 5.74) is 4.46. The number of aliphatic hydroxyl groups is 1. The SMILES string of the molecule is COc1ccc(-c2nc(C(=O)NC(CO)c3ccc(F)cc3F)c([C@H](C)N)o2)c2ccc(C(F)(F)F)nc12. The van der Waals surface area contributed by atoms with Crippen molar-refractivity contribution in [2.24, 2.45) is 5.73 Å².